The van der Waals surface area contributed by atoms with Crippen molar-refractivity contribution in [2.24, 2.45) is 5.92 Å². The van der Waals surface area contributed by atoms with Crippen LogP contribution in [0.5, 0.6) is 5.75 Å². The first-order valence-electron chi connectivity index (χ1n) is 13.3. The predicted octanol–water partition coefficient (Wildman–Crippen LogP) is 5.02. The van der Waals surface area contributed by atoms with Crippen molar-refractivity contribution in [2.45, 2.75) is 50.9 Å². The molecule has 2 aromatic rings. The highest BCUT2D eigenvalue weighted by molar-refractivity contribution is 7.14. The molecule has 2 saturated heterocycles. The fourth-order valence-corrected chi connectivity index (χ4v) is 6.52. The Kier molecular flexibility index (Phi) is 8.21. The van der Waals surface area contributed by atoms with Gasteiger partial charge in [-0.05, 0) is 68.3 Å². The Balaban J connectivity index is 1.18. The molecule has 0 spiro atoms. The lowest BCUT2D eigenvalue weighted by molar-refractivity contribution is 0.128. The van der Waals surface area contributed by atoms with Gasteiger partial charge in [0.2, 0.25) is 0 Å². The maximum absolute atomic E-state index is 12.9. The Morgan fingerprint density at radius 2 is 1.97 bits per heavy atom. The molecule has 8 heteroatoms. The molecule has 190 valence electrons. The Hall–Kier alpha value is -2.16. The van der Waals surface area contributed by atoms with Crippen LogP contribution in [0.1, 0.15) is 56.4 Å². The van der Waals surface area contributed by atoms with Gasteiger partial charge < -0.3 is 15.0 Å². The van der Waals surface area contributed by atoms with Gasteiger partial charge in [0.25, 0.3) is 0 Å². The maximum atomic E-state index is 12.9. The standard InChI is InChI=1S/C27H39N5O2S/c1-34-25-10-9-22(21-7-3-2-4-8-21)16-23(25)24-19-35-26(29-24)30-27(33)32-14-12-31(13-15-32)18-20-6-5-11-28-17-20/h9-10,16,19-21,28H,2-8,11-15,17-18H2,1H3,(H,29,30,33)/t20-/m1/s1. The van der Waals surface area contributed by atoms with Gasteiger partial charge in [-0.3, -0.25) is 10.2 Å². The summed E-state index contributed by atoms with van der Waals surface area (Å²) in [6.07, 6.45) is 9.08. The molecular formula is C27H39N5O2S. The van der Waals surface area contributed by atoms with E-state index in [0.717, 1.165) is 68.7 Å². The van der Waals surface area contributed by atoms with Crippen molar-refractivity contribution >= 4 is 22.5 Å². The molecule has 0 radical (unpaired) electrons. The minimum absolute atomic E-state index is 0.0483. The highest BCUT2D eigenvalue weighted by Gasteiger charge is 2.25. The lowest BCUT2D eigenvalue weighted by atomic mass is 9.83. The fourth-order valence-electron chi connectivity index (χ4n) is 5.82. The molecule has 2 aliphatic heterocycles. The van der Waals surface area contributed by atoms with E-state index in [9.17, 15) is 4.79 Å². The molecule has 1 aliphatic carbocycles. The highest BCUT2D eigenvalue weighted by Crippen LogP contribution is 2.38. The Bertz CT molecular complexity index is 976. The van der Waals surface area contributed by atoms with Gasteiger partial charge in [0.1, 0.15) is 5.75 Å². The molecule has 3 aliphatic rings. The summed E-state index contributed by atoms with van der Waals surface area (Å²) in [5, 5.41) is 9.21. The van der Waals surface area contributed by atoms with Gasteiger partial charge in [0, 0.05) is 43.7 Å². The van der Waals surface area contributed by atoms with E-state index in [1.165, 1.54) is 61.8 Å². The molecule has 35 heavy (non-hydrogen) atoms. The average molecular weight is 498 g/mol. The number of amides is 2. The molecule has 0 unspecified atom stereocenters. The summed E-state index contributed by atoms with van der Waals surface area (Å²) < 4.78 is 5.65. The van der Waals surface area contributed by atoms with Crippen LogP contribution in [-0.4, -0.2) is 73.7 Å². The number of urea groups is 1. The third-order valence-corrected chi connectivity index (χ3v) is 8.63. The monoisotopic (exact) mass is 497 g/mol. The predicted molar refractivity (Wildman–Crippen MR) is 143 cm³/mol. The van der Waals surface area contributed by atoms with Gasteiger partial charge in [-0.2, -0.15) is 0 Å². The lowest BCUT2D eigenvalue weighted by Crippen LogP contribution is -2.51. The molecule has 7 nitrogen and oxygen atoms in total. The molecule has 1 saturated carbocycles. The van der Waals surface area contributed by atoms with E-state index in [2.05, 4.69) is 33.7 Å². The van der Waals surface area contributed by atoms with Gasteiger partial charge in [0.15, 0.2) is 5.13 Å². The summed E-state index contributed by atoms with van der Waals surface area (Å²) in [5.41, 5.74) is 3.25. The van der Waals surface area contributed by atoms with Crippen LogP contribution in [0.2, 0.25) is 0 Å². The van der Waals surface area contributed by atoms with E-state index >= 15 is 0 Å². The summed E-state index contributed by atoms with van der Waals surface area (Å²) in [4.78, 5) is 22.1. The average Bonchev–Trinajstić information content (AvgIpc) is 3.38. The van der Waals surface area contributed by atoms with Crippen LogP contribution >= 0.6 is 11.3 Å². The summed E-state index contributed by atoms with van der Waals surface area (Å²) >= 11 is 1.48. The third kappa shape index (κ3) is 6.16. The number of nitrogens with zero attached hydrogens (tertiary/aromatic N) is 3. The van der Waals surface area contributed by atoms with Gasteiger partial charge in [-0.15, -0.1) is 11.3 Å². The molecule has 1 atom stereocenters. The third-order valence-electron chi connectivity index (χ3n) is 7.87. The molecular weight excluding hydrogens is 458 g/mol. The number of benzene rings is 1. The number of hydrogen-bond acceptors (Lipinski definition) is 6. The van der Waals surface area contributed by atoms with Gasteiger partial charge in [-0.25, -0.2) is 9.78 Å². The van der Waals surface area contributed by atoms with Crippen molar-refractivity contribution in [3.8, 4) is 17.0 Å². The number of piperidine rings is 1. The first kappa shape index (κ1) is 24.5. The van der Waals surface area contributed by atoms with Crippen LogP contribution in [0.4, 0.5) is 9.93 Å². The number of methoxy groups -OCH3 is 1. The second-order valence-electron chi connectivity index (χ2n) is 10.3. The molecule has 5 rings (SSSR count). The number of carbonyl (C=O) groups is 1. The van der Waals surface area contributed by atoms with Crippen LogP contribution in [0, 0.1) is 5.92 Å². The van der Waals surface area contributed by atoms with Crippen LogP contribution in [0.15, 0.2) is 23.6 Å². The molecule has 3 heterocycles. The first-order valence-corrected chi connectivity index (χ1v) is 14.2. The minimum atomic E-state index is -0.0483. The van der Waals surface area contributed by atoms with Crippen LogP contribution in [0.3, 0.4) is 0 Å². The summed E-state index contributed by atoms with van der Waals surface area (Å²) in [6.45, 7) is 6.84. The molecule has 0 bridgehead atoms. The van der Waals surface area contributed by atoms with Crippen molar-refractivity contribution in [3.63, 3.8) is 0 Å². The number of carbonyl (C=O) groups excluding carboxylic acids is 1. The molecule has 2 amide bonds. The molecule has 1 aromatic carbocycles. The second-order valence-corrected chi connectivity index (χ2v) is 11.1. The zero-order valence-corrected chi connectivity index (χ0v) is 21.7. The van der Waals surface area contributed by atoms with E-state index in [-0.39, 0.29) is 6.03 Å². The first-order chi connectivity index (χ1) is 17.2. The van der Waals surface area contributed by atoms with E-state index in [4.69, 9.17) is 9.72 Å². The topological polar surface area (TPSA) is 69.7 Å². The second kappa shape index (κ2) is 11.7. The Morgan fingerprint density at radius 1 is 1.14 bits per heavy atom. The van der Waals surface area contributed by atoms with Crippen molar-refractivity contribution in [2.75, 3.05) is 58.2 Å². The van der Waals surface area contributed by atoms with Gasteiger partial charge >= 0.3 is 6.03 Å². The number of hydrogen-bond donors (Lipinski definition) is 2. The number of ether oxygens (including phenoxy) is 1. The van der Waals surface area contributed by atoms with Crippen molar-refractivity contribution in [1.82, 2.24) is 20.1 Å². The molecule has 3 fully saturated rings. The summed E-state index contributed by atoms with van der Waals surface area (Å²) in [5.74, 6) is 2.20. The van der Waals surface area contributed by atoms with Crippen LogP contribution in [0.25, 0.3) is 11.3 Å². The number of nitrogens with one attached hydrogen (secondary N) is 2. The number of anilines is 1. The largest absolute Gasteiger partial charge is 0.496 e. The Labute approximate surface area is 213 Å². The van der Waals surface area contributed by atoms with Crippen molar-refractivity contribution in [3.05, 3.63) is 29.1 Å². The Morgan fingerprint density at radius 3 is 2.71 bits per heavy atom. The van der Waals surface area contributed by atoms with E-state index in [0.29, 0.717) is 11.0 Å². The van der Waals surface area contributed by atoms with Crippen molar-refractivity contribution in [1.29, 1.82) is 0 Å². The smallest absolute Gasteiger partial charge is 0.323 e. The van der Waals surface area contributed by atoms with Crippen molar-refractivity contribution < 1.29 is 9.53 Å². The zero-order valence-electron chi connectivity index (χ0n) is 20.9. The quantitative estimate of drug-likeness (QED) is 0.587. The van der Waals surface area contributed by atoms with E-state index in [1.807, 2.05) is 10.3 Å². The summed E-state index contributed by atoms with van der Waals surface area (Å²) in [6, 6.07) is 6.47. The maximum Gasteiger partial charge on any atom is 0.323 e. The number of rotatable bonds is 6. The number of thiazole rings is 1. The normalized spacial score (nSPS) is 22.2. The number of aromatic nitrogens is 1. The highest BCUT2D eigenvalue weighted by atomic mass is 32.1. The van der Waals surface area contributed by atoms with Gasteiger partial charge in [-0.1, -0.05) is 25.3 Å². The van der Waals surface area contributed by atoms with Gasteiger partial charge in [0.05, 0.1) is 12.8 Å². The summed E-state index contributed by atoms with van der Waals surface area (Å²) in [7, 11) is 1.71. The lowest BCUT2D eigenvalue weighted by Gasteiger charge is -2.37. The zero-order chi connectivity index (χ0) is 24.0. The van der Waals surface area contributed by atoms with E-state index in [1.54, 1.807) is 7.11 Å². The number of piperazine rings is 1. The van der Waals surface area contributed by atoms with Crippen LogP contribution in [-0.2, 0) is 0 Å². The minimum Gasteiger partial charge on any atom is -0.496 e. The SMILES string of the molecule is COc1ccc(C2CCCCC2)cc1-c1csc(NC(=O)N2CCN(C[C@@H]3CCCNC3)CC2)n1. The molecule has 1 aromatic heterocycles. The van der Waals surface area contributed by atoms with E-state index < -0.39 is 0 Å². The molecule has 2 N–H and O–H groups in total. The van der Waals surface area contributed by atoms with Crippen LogP contribution < -0.4 is 15.4 Å². The fraction of sp³-hybridized carbons (Fsp3) is 0.630.